The minimum absolute atomic E-state index is 0.383. The van der Waals surface area contributed by atoms with Crippen molar-refractivity contribution in [3.63, 3.8) is 0 Å². The highest BCUT2D eigenvalue weighted by atomic mass is 127. The fourth-order valence-electron chi connectivity index (χ4n) is 3.81. The Kier molecular flexibility index (Phi) is 5.09. The van der Waals surface area contributed by atoms with Crippen LogP contribution < -0.4 is 5.32 Å². The number of ether oxygens (including phenoxy) is 2. The van der Waals surface area contributed by atoms with Crippen molar-refractivity contribution in [2.24, 2.45) is 0 Å². The summed E-state index contributed by atoms with van der Waals surface area (Å²) in [6, 6.07) is 4.04. The molecule has 1 aromatic rings. The maximum absolute atomic E-state index is 12.8. The molecule has 1 spiro atoms. The van der Waals surface area contributed by atoms with Gasteiger partial charge in [-0.15, -0.1) is 0 Å². The molecule has 5 nitrogen and oxygen atoms in total. The highest BCUT2D eigenvalue weighted by Gasteiger charge is 2.52. The van der Waals surface area contributed by atoms with Gasteiger partial charge in [0.15, 0.2) is 11.4 Å². The molecule has 25 heavy (non-hydrogen) atoms. The third kappa shape index (κ3) is 3.28. The zero-order valence-corrected chi connectivity index (χ0v) is 16.9. The first-order valence-corrected chi connectivity index (χ1v) is 9.66. The van der Waals surface area contributed by atoms with E-state index in [0.29, 0.717) is 30.7 Å². The quantitative estimate of drug-likeness (QED) is 0.547. The van der Waals surface area contributed by atoms with Crippen molar-refractivity contribution in [2.45, 2.75) is 52.1 Å². The third-order valence-electron chi connectivity index (χ3n) is 4.81. The van der Waals surface area contributed by atoms with Gasteiger partial charge in [-0.3, -0.25) is 0 Å². The van der Waals surface area contributed by atoms with E-state index in [0.717, 1.165) is 33.1 Å². The highest BCUT2D eigenvalue weighted by Crippen LogP contribution is 2.49. The van der Waals surface area contributed by atoms with Crippen molar-refractivity contribution >= 4 is 40.2 Å². The standard InChI is InChI=1S/C19H22INO4/c1-4-21-18(23)24-16-15(14-11(2)9-13(20)10-12(14)3)17(22)25-19(16)7-5-6-8-19/h9-10H,4-8H2,1-3H3,(H,21,23). The first-order valence-electron chi connectivity index (χ1n) is 8.59. The van der Waals surface area contributed by atoms with Crippen LogP contribution in [0.4, 0.5) is 4.79 Å². The van der Waals surface area contributed by atoms with E-state index in [1.807, 2.05) is 32.9 Å². The lowest BCUT2D eigenvalue weighted by Crippen LogP contribution is -2.33. The Bertz CT molecular complexity index is 740. The average molecular weight is 455 g/mol. The van der Waals surface area contributed by atoms with E-state index >= 15 is 0 Å². The van der Waals surface area contributed by atoms with E-state index in [1.54, 1.807) is 0 Å². The van der Waals surface area contributed by atoms with Gasteiger partial charge in [0.2, 0.25) is 0 Å². The van der Waals surface area contributed by atoms with E-state index in [-0.39, 0.29) is 0 Å². The van der Waals surface area contributed by atoms with Crippen LogP contribution in [-0.2, 0) is 14.3 Å². The van der Waals surface area contributed by atoms with Gasteiger partial charge >= 0.3 is 12.1 Å². The summed E-state index contributed by atoms with van der Waals surface area (Å²) in [6.45, 7) is 6.22. The van der Waals surface area contributed by atoms with Crippen LogP contribution in [0.15, 0.2) is 17.9 Å². The Hall–Kier alpha value is -1.57. The second kappa shape index (κ2) is 6.97. The molecule has 134 valence electrons. The summed E-state index contributed by atoms with van der Waals surface area (Å²) in [4.78, 5) is 24.9. The normalized spacial score (nSPS) is 18.6. The Morgan fingerprint density at radius 2 is 1.88 bits per heavy atom. The monoisotopic (exact) mass is 455 g/mol. The summed E-state index contributed by atoms with van der Waals surface area (Å²) in [5, 5.41) is 2.64. The van der Waals surface area contributed by atoms with Gasteiger partial charge in [-0.1, -0.05) is 0 Å². The molecule has 0 saturated heterocycles. The molecule has 3 rings (SSSR count). The first kappa shape index (κ1) is 18.2. The summed E-state index contributed by atoms with van der Waals surface area (Å²) in [6.07, 6.45) is 2.75. The minimum Gasteiger partial charge on any atom is -0.447 e. The van der Waals surface area contributed by atoms with Crippen molar-refractivity contribution < 1.29 is 19.1 Å². The molecule has 2 aliphatic rings. The van der Waals surface area contributed by atoms with E-state index in [2.05, 4.69) is 27.9 Å². The lowest BCUT2D eigenvalue weighted by Gasteiger charge is -2.24. The van der Waals surface area contributed by atoms with Crippen molar-refractivity contribution in [3.05, 3.63) is 38.2 Å². The summed E-state index contributed by atoms with van der Waals surface area (Å²) >= 11 is 2.26. The fourth-order valence-corrected chi connectivity index (χ4v) is 4.74. The maximum Gasteiger partial charge on any atom is 0.412 e. The molecule has 6 heteroatoms. The van der Waals surface area contributed by atoms with Crippen LogP contribution in [0.25, 0.3) is 5.57 Å². The topological polar surface area (TPSA) is 64.6 Å². The van der Waals surface area contributed by atoms with Gasteiger partial charge < -0.3 is 14.8 Å². The molecule has 0 unspecified atom stereocenters. The third-order valence-corrected chi connectivity index (χ3v) is 5.43. The van der Waals surface area contributed by atoms with Gasteiger partial charge in [-0.2, -0.15) is 0 Å². The van der Waals surface area contributed by atoms with Crippen LogP contribution in [0.2, 0.25) is 0 Å². The van der Waals surface area contributed by atoms with Crippen LogP contribution >= 0.6 is 22.6 Å². The number of carbonyl (C=O) groups is 2. The van der Waals surface area contributed by atoms with Gasteiger partial charge in [0.1, 0.15) is 5.57 Å². The molecule has 1 fully saturated rings. The Balaban J connectivity index is 2.17. The first-order chi connectivity index (χ1) is 11.9. The van der Waals surface area contributed by atoms with E-state index < -0.39 is 17.7 Å². The number of halogens is 1. The van der Waals surface area contributed by atoms with Crippen LogP contribution in [0.1, 0.15) is 49.3 Å². The van der Waals surface area contributed by atoms with Crippen molar-refractivity contribution in [1.29, 1.82) is 0 Å². The SMILES string of the molecule is CCNC(=O)OC1=C(c2c(C)cc(I)cc2C)C(=O)OC12CCCC2. The molecule has 0 aromatic heterocycles. The van der Waals surface area contributed by atoms with Crippen LogP contribution in [-0.4, -0.2) is 24.2 Å². The molecule has 1 aliphatic carbocycles. The van der Waals surface area contributed by atoms with Gasteiger partial charge in [0.05, 0.1) is 0 Å². The van der Waals surface area contributed by atoms with Gasteiger partial charge in [-0.25, -0.2) is 9.59 Å². The van der Waals surface area contributed by atoms with Gasteiger partial charge in [-0.05, 0) is 97.9 Å². The molecule has 1 N–H and O–H groups in total. The largest absolute Gasteiger partial charge is 0.447 e. The van der Waals surface area contributed by atoms with Crippen molar-refractivity contribution in [1.82, 2.24) is 5.32 Å². The lowest BCUT2D eigenvalue weighted by molar-refractivity contribution is -0.146. The second-order valence-electron chi connectivity index (χ2n) is 6.63. The zero-order chi connectivity index (χ0) is 18.2. The number of benzene rings is 1. The number of carbonyl (C=O) groups excluding carboxylic acids is 2. The fraction of sp³-hybridized carbons (Fsp3) is 0.474. The van der Waals surface area contributed by atoms with E-state index in [4.69, 9.17) is 9.47 Å². The van der Waals surface area contributed by atoms with Crippen molar-refractivity contribution in [2.75, 3.05) is 6.54 Å². The number of esters is 1. The molecule has 0 bridgehead atoms. The molecule has 1 saturated carbocycles. The summed E-state index contributed by atoms with van der Waals surface area (Å²) in [5.74, 6) is -0.0121. The Morgan fingerprint density at radius 3 is 2.44 bits per heavy atom. The minimum atomic E-state index is -0.792. The van der Waals surface area contributed by atoms with E-state index in [9.17, 15) is 9.59 Å². The molecule has 1 aliphatic heterocycles. The lowest BCUT2D eigenvalue weighted by atomic mass is 9.91. The number of aryl methyl sites for hydroxylation is 2. The predicted octanol–water partition coefficient (Wildman–Crippen LogP) is 4.23. The van der Waals surface area contributed by atoms with Gasteiger partial charge in [0.25, 0.3) is 0 Å². The summed E-state index contributed by atoms with van der Waals surface area (Å²) < 4.78 is 12.5. The smallest absolute Gasteiger partial charge is 0.412 e. The molecule has 1 aromatic carbocycles. The number of hydrogen-bond acceptors (Lipinski definition) is 4. The van der Waals surface area contributed by atoms with E-state index in [1.165, 1.54) is 0 Å². The number of nitrogens with one attached hydrogen (secondary N) is 1. The zero-order valence-electron chi connectivity index (χ0n) is 14.7. The molecule has 1 heterocycles. The maximum atomic E-state index is 12.8. The average Bonchev–Trinajstić information content (AvgIpc) is 3.07. The number of hydrogen-bond donors (Lipinski definition) is 1. The van der Waals surface area contributed by atoms with Crippen LogP contribution in [0, 0.1) is 17.4 Å². The molecular weight excluding hydrogens is 433 g/mol. The second-order valence-corrected chi connectivity index (χ2v) is 7.88. The molecular formula is C19H22INO4. The van der Waals surface area contributed by atoms with Crippen LogP contribution in [0.5, 0.6) is 0 Å². The number of amides is 1. The molecule has 0 radical (unpaired) electrons. The summed E-state index contributed by atoms with van der Waals surface area (Å²) in [7, 11) is 0. The van der Waals surface area contributed by atoms with Crippen molar-refractivity contribution in [3.8, 4) is 0 Å². The Labute approximate surface area is 161 Å². The van der Waals surface area contributed by atoms with Crippen LogP contribution in [0.3, 0.4) is 0 Å². The van der Waals surface area contributed by atoms with Gasteiger partial charge in [0, 0.05) is 10.1 Å². The highest BCUT2D eigenvalue weighted by molar-refractivity contribution is 14.1. The summed E-state index contributed by atoms with van der Waals surface area (Å²) in [5.41, 5.74) is 2.37. The number of rotatable bonds is 3. The molecule has 1 amide bonds. The predicted molar refractivity (Wildman–Crippen MR) is 103 cm³/mol. The number of alkyl carbamates (subject to hydrolysis) is 1. The molecule has 0 atom stereocenters. The Morgan fingerprint density at radius 1 is 1.28 bits per heavy atom.